The molecule has 7 heteroatoms. The molecular formula is C21H19Cl2NO2S2. The van der Waals surface area contributed by atoms with Gasteiger partial charge >= 0.3 is 0 Å². The van der Waals surface area contributed by atoms with Gasteiger partial charge in [0, 0.05) is 21.1 Å². The lowest BCUT2D eigenvalue weighted by atomic mass is 10.1. The van der Waals surface area contributed by atoms with Crippen LogP contribution in [0.15, 0.2) is 47.4 Å². The van der Waals surface area contributed by atoms with Crippen LogP contribution in [0.25, 0.3) is 6.08 Å². The third-order valence-corrected chi connectivity index (χ3v) is 5.94. The van der Waals surface area contributed by atoms with Crippen molar-refractivity contribution in [2.75, 3.05) is 0 Å². The maximum absolute atomic E-state index is 12.7. The molecule has 0 atom stereocenters. The Morgan fingerprint density at radius 2 is 1.82 bits per heavy atom. The molecule has 3 rings (SSSR count). The monoisotopic (exact) mass is 451 g/mol. The number of ether oxygens (including phenoxy) is 1. The van der Waals surface area contributed by atoms with Crippen molar-refractivity contribution >= 4 is 63.5 Å². The smallest absolute Gasteiger partial charge is 0.266 e. The molecule has 1 heterocycles. The van der Waals surface area contributed by atoms with E-state index in [0.29, 0.717) is 31.6 Å². The van der Waals surface area contributed by atoms with E-state index in [1.165, 1.54) is 11.8 Å². The molecule has 0 aliphatic carbocycles. The van der Waals surface area contributed by atoms with Crippen LogP contribution in [-0.4, -0.2) is 20.7 Å². The van der Waals surface area contributed by atoms with Gasteiger partial charge in [0.05, 0.1) is 4.91 Å². The van der Waals surface area contributed by atoms with Gasteiger partial charge in [0.25, 0.3) is 5.91 Å². The Bertz CT molecular complexity index is 950. The van der Waals surface area contributed by atoms with E-state index in [9.17, 15) is 4.79 Å². The minimum atomic E-state index is -0.336. The summed E-state index contributed by atoms with van der Waals surface area (Å²) in [6.07, 6.45) is 1.85. The summed E-state index contributed by atoms with van der Waals surface area (Å²) in [5.74, 6) is 0.658. The third-order valence-electron chi connectivity index (χ3n) is 4.05. The van der Waals surface area contributed by atoms with Crippen molar-refractivity contribution in [2.45, 2.75) is 32.9 Å². The van der Waals surface area contributed by atoms with Gasteiger partial charge in [-0.25, -0.2) is 0 Å². The van der Waals surface area contributed by atoms with E-state index in [1.807, 2.05) is 57.2 Å². The Hall–Kier alpha value is -1.53. The van der Waals surface area contributed by atoms with Crippen LogP contribution >= 0.6 is 47.2 Å². The molecule has 2 aromatic carbocycles. The van der Waals surface area contributed by atoms with Crippen molar-refractivity contribution in [2.24, 2.45) is 0 Å². The standard InChI is InChI=1S/C21H19Cl2NO2S2/c1-21(2,3)24-19(25)18(28-20(24)27)10-13-4-8-16(9-5-13)26-12-14-6-7-15(22)11-17(14)23/h4-11H,12H2,1-3H3/b18-10+. The largest absolute Gasteiger partial charge is 0.489 e. The molecule has 1 fully saturated rings. The molecule has 0 unspecified atom stereocenters. The Labute approximate surface area is 184 Å². The highest BCUT2D eigenvalue weighted by molar-refractivity contribution is 8.26. The van der Waals surface area contributed by atoms with Crippen LogP contribution in [-0.2, 0) is 11.4 Å². The van der Waals surface area contributed by atoms with Crippen molar-refractivity contribution in [1.29, 1.82) is 0 Å². The van der Waals surface area contributed by atoms with E-state index in [2.05, 4.69) is 0 Å². The molecule has 1 aliphatic heterocycles. The number of rotatable bonds is 4. The number of benzene rings is 2. The van der Waals surface area contributed by atoms with E-state index in [0.717, 1.165) is 11.1 Å². The molecule has 0 bridgehead atoms. The maximum atomic E-state index is 12.7. The molecule has 28 heavy (non-hydrogen) atoms. The summed E-state index contributed by atoms with van der Waals surface area (Å²) < 4.78 is 6.37. The van der Waals surface area contributed by atoms with Crippen molar-refractivity contribution in [3.63, 3.8) is 0 Å². The zero-order chi connectivity index (χ0) is 20.5. The Balaban J connectivity index is 1.68. The van der Waals surface area contributed by atoms with Crippen LogP contribution < -0.4 is 4.74 Å². The average molecular weight is 452 g/mol. The number of nitrogens with zero attached hydrogens (tertiary/aromatic N) is 1. The number of hydrogen-bond donors (Lipinski definition) is 0. The van der Waals surface area contributed by atoms with Crippen LogP contribution in [0.3, 0.4) is 0 Å². The second-order valence-corrected chi connectivity index (χ2v) is 9.80. The van der Waals surface area contributed by atoms with Crippen molar-refractivity contribution in [3.05, 3.63) is 68.5 Å². The highest BCUT2D eigenvalue weighted by Gasteiger charge is 2.38. The molecule has 1 aliphatic rings. The van der Waals surface area contributed by atoms with E-state index < -0.39 is 0 Å². The first-order valence-corrected chi connectivity index (χ1v) is 10.6. The van der Waals surface area contributed by atoms with E-state index in [1.54, 1.807) is 17.0 Å². The molecule has 0 N–H and O–H groups in total. The van der Waals surface area contributed by atoms with E-state index in [4.69, 9.17) is 40.2 Å². The molecule has 1 amide bonds. The first-order valence-electron chi connectivity index (χ1n) is 8.60. The summed E-state index contributed by atoms with van der Waals surface area (Å²) in [5, 5.41) is 1.17. The number of carbonyl (C=O) groups is 1. The lowest BCUT2D eigenvalue weighted by molar-refractivity contribution is -0.125. The predicted octanol–water partition coefficient (Wildman–Crippen LogP) is 6.57. The molecule has 146 valence electrons. The third kappa shape index (κ3) is 4.90. The lowest BCUT2D eigenvalue weighted by Crippen LogP contribution is -2.44. The van der Waals surface area contributed by atoms with Crippen LogP contribution in [0, 0.1) is 0 Å². The predicted molar refractivity (Wildman–Crippen MR) is 122 cm³/mol. The number of carbonyl (C=O) groups excluding carboxylic acids is 1. The average Bonchev–Trinajstić information content (AvgIpc) is 2.89. The van der Waals surface area contributed by atoms with Gasteiger partial charge in [-0.1, -0.05) is 65.4 Å². The summed E-state index contributed by atoms with van der Waals surface area (Å²) in [4.78, 5) is 14.9. The molecule has 3 nitrogen and oxygen atoms in total. The van der Waals surface area contributed by atoms with Gasteiger partial charge in [0.1, 0.15) is 16.7 Å². The summed E-state index contributed by atoms with van der Waals surface area (Å²) in [6, 6.07) is 12.9. The number of amides is 1. The number of thiocarbonyl (C=S) groups is 1. The lowest BCUT2D eigenvalue weighted by Gasteiger charge is -2.30. The summed E-state index contributed by atoms with van der Waals surface area (Å²) in [5.41, 5.74) is 1.43. The molecule has 0 radical (unpaired) electrons. The molecular weight excluding hydrogens is 433 g/mol. The summed E-state index contributed by atoms with van der Waals surface area (Å²) >= 11 is 18.8. The first-order chi connectivity index (χ1) is 13.1. The second kappa shape index (κ2) is 8.46. The van der Waals surface area contributed by atoms with Gasteiger partial charge in [-0.15, -0.1) is 0 Å². The molecule has 0 spiro atoms. The molecule has 0 aromatic heterocycles. The van der Waals surface area contributed by atoms with E-state index >= 15 is 0 Å². The summed E-state index contributed by atoms with van der Waals surface area (Å²) in [6.45, 7) is 6.26. The zero-order valence-corrected chi connectivity index (χ0v) is 18.8. The molecule has 0 saturated carbocycles. The Morgan fingerprint density at radius 3 is 2.39 bits per heavy atom. The normalized spacial score (nSPS) is 16.2. The minimum absolute atomic E-state index is 0.0554. The van der Waals surface area contributed by atoms with Crippen LogP contribution in [0.1, 0.15) is 31.9 Å². The van der Waals surface area contributed by atoms with Gasteiger partial charge in [0.2, 0.25) is 0 Å². The Morgan fingerprint density at radius 1 is 1.14 bits per heavy atom. The quantitative estimate of drug-likeness (QED) is 0.388. The number of thioether (sulfide) groups is 1. The second-order valence-electron chi connectivity index (χ2n) is 7.28. The van der Waals surface area contributed by atoms with Crippen LogP contribution in [0.4, 0.5) is 0 Å². The van der Waals surface area contributed by atoms with Crippen molar-refractivity contribution in [1.82, 2.24) is 4.90 Å². The number of halogens is 2. The zero-order valence-electron chi connectivity index (χ0n) is 15.7. The highest BCUT2D eigenvalue weighted by atomic mass is 35.5. The SMILES string of the molecule is CC(C)(C)N1C(=O)/C(=C\c2ccc(OCc3ccc(Cl)cc3Cl)cc2)SC1=S. The fourth-order valence-electron chi connectivity index (χ4n) is 2.66. The molecule has 2 aromatic rings. The first kappa shape index (κ1) is 21.2. The van der Waals surface area contributed by atoms with Gasteiger partial charge in [-0.3, -0.25) is 9.69 Å². The fraction of sp³-hybridized carbons (Fsp3) is 0.238. The van der Waals surface area contributed by atoms with Gasteiger partial charge in [0.15, 0.2) is 0 Å². The van der Waals surface area contributed by atoms with E-state index in [-0.39, 0.29) is 11.4 Å². The van der Waals surface area contributed by atoms with Crippen LogP contribution in [0.2, 0.25) is 10.0 Å². The van der Waals surface area contributed by atoms with Gasteiger partial charge < -0.3 is 4.74 Å². The van der Waals surface area contributed by atoms with Gasteiger partial charge in [-0.05, 0) is 56.7 Å². The summed E-state index contributed by atoms with van der Waals surface area (Å²) in [7, 11) is 0. The minimum Gasteiger partial charge on any atom is -0.489 e. The van der Waals surface area contributed by atoms with Gasteiger partial charge in [-0.2, -0.15) is 0 Å². The topological polar surface area (TPSA) is 29.5 Å². The molecule has 1 saturated heterocycles. The van der Waals surface area contributed by atoms with Crippen molar-refractivity contribution < 1.29 is 9.53 Å². The van der Waals surface area contributed by atoms with Crippen LogP contribution in [0.5, 0.6) is 5.75 Å². The maximum Gasteiger partial charge on any atom is 0.266 e. The fourth-order valence-corrected chi connectivity index (χ4v) is 4.76. The number of hydrogen-bond acceptors (Lipinski definition) is 4. The highest BCUT2D eigenvalue weighted by Crippen LogP contribution is 2.37. The Kier molecular flexibility index (Phi) is 6.40. The van der Waals surface area contributed by atoms with Crippen molar-refractivity contribution in [3.8, 4) is 5.75 Å².